The van der Waals surface area contributed by atoms with Crippen LogP contribution in [0.2, 0.25) is 5.02 Å². The van der Waals surface area contributed by atoms with Crippen LogP contribution in [0.5, 0.6) is 0 Å². The standard InChI is InChI=1S/C14H15ClOS/c1-10-4-2-3-5-11(10)6-7-13(16)14-12(15)8-9-17-14/h2-5,8-9,13,16H,6-7H2,1H3. The summed E-state index contributed by atoms with van der Waals surface area (Å²) in [6.45, 7) is 2.10. The first-order valence-electron chi connectivity index (χ1n) is 5.64. The maximum Gasteiger partial charge on any atom is 0.0900 e. The van der Waals surface area contributed by atoms with E-state index in [-0.39, 0.29) is 0 Å². The molecule has 0 spiro atoms. The Hall–Kier alpha value is -0.830. The molecule has 0 aliphatic rings. The molecule has 2 rings (SSSR count). The minimum absolute atomic E-state index is 0.456. The summed E-state index contributed by atoms with van der Waals surface area (Å²) in [4.78, 5) is 0.875. The van der Waals surface area contributed by atoms with Crippen molar-refractivity contribution in [3.8, 4) is 0 Å². The van der Waals surface area contributed by atoms with Crippen LogP contribution in [0.25, 0.3) is 0 Å². The quantitative estimate of drug-likeness (QED) is 0.871. The lowest BCUT2D eigenvalue weighted by Gasteiger charge is -2.10. The van der Waals surface area contributed by atoms with Gasteiger partial charge in [0.25, 0.3) is 0 Å². The van der Waals surface area contributed by atoms with Crippen molar-refractivity contribution in [1.29, 1.82) is 0 Å². The molecule has 0 saturated heterocycles. The average Bonchev–Trinajstić information content (AvgIpc) is 2.74. The van der Waals surface area contributed by atoms with Crippen LogP contribution in [0.15, 0.2) is 35.7 Å². The third kappa shape index (κ3) is 3.09. The van der Waals surface area contributed by atoms with Crippen molar-refractivity contribution in [1.82, 2.24) is 0 Å². The number of hydrogen-bond donors (Lipinski definition) is 1. The summed E-state index contributed by atoms with van der Waals surface area (Å²) < 4.78 is 0. The smallest absolute Gasteiger partial charge is 0.0900 e. The topological polar surface area (TPSA) is 20.2 Å². The van der Waals surface area contributed by atoms with Crippen molar-refractivity contribution in [3.05, 3.63) is 56.7 Å². The summed E-state index contributed by atoms with van der Waals surface area (Å²) in [7, 11) is 0. The minimum Gasteiger partial charge on any atom is -0.388 e. The molecular weight excluding hydrogens is 252 g/mol. The molecular formula is C14H15ClOS. The number of hydrogen-bond acceptors (Lipinski definition) is 2. The molecule has 0 bridgehead atoms. The Balaban J connectivity index is 2.00. The molecule has 1 atom stereocenters. The molecule has 1 aromatic carbocycles. The van der Waals surface area contributed by atoms with Crippen LogP contribution < -0.4 is 0 Å². The van der Waals surface area contributed by atoms with E-state index in [9.17, 15) is 5.11 Å². The van der Waals surface area contributed by atoms with Crippen LogP contribution in [-0.4, -0.2) is 5.11 Å². The van der Waals surface area contributed by atoms with Crippen molar-refractivity contribution in [2.75, 3.05) is 0 Å². The van der Waals surface area contributed by atoms with E-state index in [1.54, 1.807) is 0 Å². The van der Waals surface area contributed by atoms with Gasteiger partial charge in [0.05, 0.1) is 16.0 Å². The first-order valence-corrected chi connectivity index (χ1v) is 6.89. The minimum atomic E-state index is -0.456. The average molecular weight is 267 g/mol. The number of aliphatic hydroxyl groups is 1. The summed E-state index contributed by atoms with van der Waals surface area (Å²) in [5.41, 5.74) is 2.57. The van der Waals surface area contributed by atoms with Crippen molar-refractivity contribution >= 4 is 22.9 Å². The third-order valence-electron chi connectivity index (χ3n) is 2.90. The van der Waals surface area contributed by atoms with Gasteiger partial charge in [-0.2, -0.15) is 0 Å². The molecule has 1 nitrogen and oxygen atoms in total. The van der Waals surface area contributed by atoms with Gasteiger partial charge in [0, 0.05) is 0 Å². The van der Waals surface area contributed by atoms with Gasteiger partial charge < -0.3 is 5.11 Å². The second-order valence-electron chi connectivity index (χ2n) is 4.11. The predicted molar refractivity (Wildman–Crippen MR) is 73.8 cm³/mol. The zero-order valence-electron chi connectivity index (χ0n) is 9.69. The monoisotopic (exact) mass is 266 g/mol. The SMILES string of the molecule is Cc1ccccc1CCC(O)c1sccc1Cl. The van der Waals surface area contributed by atoms with Gasteiger partial charge in [0.1, 0.15) is 0 Å². The van der Waals surface area contributed by atoms with E-state index in [0.29, 0.717) is 11.4 Å². The van der Waals surface area contributed by atoms with Crippen LogP contribution in [-0.2, 0) is 6.42 Å². The normalized spacial score (nSPS) is 12.6. The third-order valence-corrected chi connectivity index (χ3v) is 4.36. The second-order valence-corrected chi connectivity index (χ2v) is 5.47. The van der Waals surface area contributed by atoms with E-state index in [4.69, 9.17) is 11.6 Å². The van der Waals surface area contributed by atoms with Crippen molar-refractivity contribution in [2.24, 2.45) is 0 Å². The van der Waals surface area contributed by atoms with E-state index in [1.807, 2.05) is 23.6 Å². The Bertz CT molecular complexity index is 492. The molecule has 0 aliphatic heterocycles. The van der Waals surface area contributed by atoms with Gasteiger partial charge in [-0.25, -0.2) is 0 Å². The predicted octanol–water partition coefficient (Wildman–Crippen LogP) is 4.38. The number of aryl methyl sites for hydroxylation is 2. The van der Waals surface area contributed by atoms with Gasteiger partial charge in [-0.05, 0) is 42.3 Å². The zero-order chi connectivity index (χ0) is 12.3. The Morgan fingerprint density at radius 2 is 2.06 bits per heavy atom. The molecule has 1 unspecified atom stereocenters. The van der Waals surface area contributed by atoms with E-state index >= 15 is 0 Å². The van der Waals surface area contributed by atoms with Crippen LogP contribution >= 0.6 is 22.9 Å². The van der Waals surface area contributed by atoms with Gasteiger partial charge in [-0.15, -0.1) is 11.3 Å². The van der Waals surface area contributed by atoms with E-state index in [1.165, 1.54) is 22.5 Å². The maximum absolute atomic E-state index is 10.1. The van der Waals surface area contributed by atoms with Gasteiger partial charge in [-0.1, -0.05) is 35.9 Å². The van der Waals surface area contributed by atoms with Gasteiger partial charge in [0.2, 0.25) is 0 Å². The highest BCUT2D eigenvalue weighted by atomic mass is 35.5. The molecule has 0 radical (unpaired) electrons. The van der Waals surface area contributed by atoms with Crippen molar-refractivity contribution in [3.63, 3.8) is 0 Å². The second kappa shape index (κ2) is 5.67. The highest BCUT2D eigenvalue weighted by molar-refractivity contribution is 7.10. The first kappa shape index (κ1) is 12.6. The molecule has 0 amide bonds. The Morgan fingerprint density at radius 3 is 2.71 bits per heavy atom. The number of rotatable bonds is 4. The Kier molecular flexibility index (Phi) is 4.21. The molecule has 0 aliphatic carbocycles. The number of aliphatic hydroxyl groups excluding tert-OH is 1. The lowest BCUT2D eigenvalue weighted by atomic mass is 10.0. The largest absolute Gasteiger partial charge is 0.388 e. The fourth-order valence-electron chi connectivity index (χ4n) is 1.86. The first-order chi connectivity index (χ1) is 8.18. The van der Waals surface area contributed by atoms with Crippen LogP contribution in [0.3, 0.4) is 0 Å². The molecule has 17 heavy (non-hydrogen) atoms. The van der Waals surface area contributed by atoms with Crippen molar-refractivity contribution in [2.45, 2.75) is 25.9 Å². The van der Waals surface area contributed by atoms with Gasteiger partial charge in [0.15, 0.2) is 0 Å². The maximum atomic E-state index is 10.1. The lowest BCUT2D eigenvalue weighted by molar-refractivity contribution is 0.171. The molecule has 3 heteroatoms. The highest BCUT2D eigenvalue weighted by Crippen LogP contribution is 2.31. The lowest BCUT2D eigenvalue weighted by Crippen LogP contribution is -1.99. The summed E-state index contributed by atoms with van der Waals surface area (Å²) >= 11 is 7.51. The molecule has 1 N–H and O–H groups in total. The van der Waals surface area contributed by atoms with E-state index in [0.717, 1.165) is 11.3 Å². The van der Waals surface area contributed by atoms with Crippen molar-refractivity contribution < 1.29 is 5.11 Å². The van der Waals surface area contributed by atoms with Crippen LogP contribution in [0, 0.1) is 6.92 Å². The molecule has 90 valence electrons. The summed E-state index contributed by atoms with van der Waals surface area (Å²) in [6.07, 6.45) is 1.13. The number of thiophene rings is 1. The summed E-state index contributed by atoms with van der Waals surface area (Å²) in [5.74, 6) is 0. The van der Waals surface area contributed by atoms with Crippen LogP contribution in [0.4, 0.5) is 0 Å². The summed E-state index contributed by atoms with van der Waals surface area (Å²) in [6, 6.07) is 10.1. The van der Waals surface area contributed by atoms with Crippen LogP contribution in [0.1, 0.15) is 28.5 Å². The Morgan fingerprint density at radius 1 is 1.29 bits per heavy atom. The fraction of sp³-hybridized carbons (Fsp3) is 0.286. The van der Waals surface area contributed by atoms with E-state index in [2.05, 4.69) is 19.1 Å². The number of benzene rings is 1. The highest BCUT2D eigenvalue weighted by Gasteiger charge is 2.13. The molecule has 1 aromatic heterocycles. The van der Waals surface area contributed by atoms with Gasteiger partial charge in [-0.3, -0.25) is 0 Å². The summed E-state index contributed by atoms with van der Waals surface area (Å²) in [5, 5.41) is 12.7. The Labute approximate surface area is 111 Å². The zero-order valence-corrected chi connectivity index (χ0v) is 11.3. The molecule has 1 heterocycles. The molecule has 2 aromatic rings. The molecule has 0 saturated carbocycles. The molecule has 0 fully saturated rings. The fourth-order valence-corrected chi connectivity index (χ4v) is 3.06. The van der Waals surface area contributed by atoms with E-state index < -0.39 is 6.10 Å². The van der Waals surface area contributed by atoms with Gasteiger partial charge >= 0.3 is 0 Å². The number of halogens is 1.